The van der Waals surface area contributed by atoms with Crippen LogP contribution in [0.4, 0.5) is 4.79 Å². The molecule has 128 valence electrons. The van der Waals surface area contributed by atoms with E-state index in [4.69, 9.17) is 0 Å². The van der Waals surface area contributed by atoms with E-state index in [1.54, 1.807) is 35.0 Å². The van der Waals surface area contributed by atoms with Crippen LogP contribution in [-0.4, -0.2) is 53.2 Å². The maximum atomic E-state index is 12.5. The van der Waals surface area contributed by atoms with Gasteiger partial charge in [0.2, 0.25) is 5.91 Å². The lowest BCUT2D eigenvalue weighted by Crippen LogP contribution is -2.44. The van der Waals surface area contributed by atoms with Gasteiger partial charge in [0.15, 0.2) is 0 Å². The molecule has 0 aliphatic carbocycles. The van der Waals surface area contributed by atoms with Crippen LogP contribution in [0.3, 0.4) is 0 Å². The quantitative estimate of drug-likeness (QED) is 0.883. The molecule has 0 aromatic carbocycles. The van der Waals surface area contributed by atoms with E-state index >= 15 is 0 Å². The van der Waals surface area contributed by atoms with E-state index in [2.05, 4.69) is 23.7 Å². The maximum absolute atomic E-state index is 12.5. The minimum atomic E-state index is -0.101. The standard InChI is InChI=1S/C16H25N3O2S2/c1-10(2)17-16(21)18(5)7-8-19-14(20)12(4)23-15(19)13-11(3)6-9-22-13/h6,9-10,12,15H,7-8H2,1-5H3,(H,17,21)/t12-,15+/m0/s1. The number of rotatable bonds is 5. The third kappa shape index (κ3) is 4.20. The van der Waals surface area contributed by atoms with Crippen molar-refractivity contribution in [3.05, 3.63) is 21.9 Å². The summed E-state index contributed by atoms with van der Waals surface area (Å²) in [6.45, 7) is 8.99. The zero-order chi connectivity index (χ0) is 17.1. The van der Waals surface area contributed by atoms with Crippen molar-refractivity contribution in [2.45, 2.75) is 44.4 Å². The van der Waals surface area contributed by atoms with Gasteiger partial charge in [-0.3, -0.25) is 4.79 Å². The lowest BCUT2D eigenvalue weighted by atomic mass is 10.2. The normalized spacial score (nSPS) is 21.1. The Morgan fingerprint density at radius 1 is 1.48 bits per heavy atom. The Morgan fingerprint density at radius 2 is 2.17 bits per heavy atom. The lowest BCUT2D eigenvalue weighted by Gasteiger charge is -2.27. The Labute approximate surface area is 146 Å². The number of nitrogens with one attached hydrogen (secondary N) is 1. The zero-order valence-electron chi connectivity index (χ0n) is 14.3. The number of thiophene rings is 1. The van der Waals surface area contributed by atoms with Gasteiger partial charge in [-0.1, -0.05) is 0 Å². The summed E-state index contributed by atoms with van der Waals surface area (Å²) >= 11 is 3.39. The first-order chi connectivity index (χ1) is 10.8. The topological polar surface area (TPSA) is 52.7 Å². The van der Waals surface area contributed by atoms with Crippen molar-refractivity contribution < 1.29 is 9.59 Å². The number of hydrogen-bond acceptors (Lipinski definition) is 4. The van der Waals surface area contributed by atoms with E-state index in [1.165, 1.54) is 10.4 Å². The molecule has 23 heavy (non-hydrogen) atoms. The number of thioether (sulfide) groups is 1. The molecule has 5 nitrogen and oxygen atoms in total. The summed E-state index contributed by atoms with van der Waals surface area (Å²) in [5.74, 6) is 0.158. The first-order valence-corrected chi connectivity index (χ1v) is 9.65. The third-order valence-electron chi connectivity index (χ3n) is 3.81. The van der Waals surface area contributed by atoms with Gasteiger partial charge in [0.25, 0.3) is 0 Å². The third-order valence-corrected chi connectivity index (χ3v) is 6.39. The number of urea groups is 1. The highest BCUT2D eigenvalue weighted by Crippen LogP contribution is 2.45. The van der Waals surface area contributed by atoms with E-state index in [9.17, 15) is 9.59 Å². The summed E-state index contributed by atoms with van der Waals surface area (Å²) in [5.41, 5.74) is 1.23. The van der Waals surface area contributed by atoms with Crippen molar-refractivity contribution in [1.82, 2.24) is 15.1 Å². The van der Waals surface area contributed by atoms with Crippen LogP contribution >= 0.6 is 23.1 Å². The van der Waals surface area contributed by atoms with Gasteiger partial charge in [-0.2, -0.15) is 0 Å². The van der Waals surface area contributed by atoms with Gasteiger partial charge in [-0.05, 0) is 44.7 Å². The molecular formula is C16H25N3O2S2. The van der Waals surface area contributed by atoms with Crippen LogP contribution in [0.25, 0.3) is 0 Å². The van der Waals surface area contributed by atoms with Crippen molar-refractivity contribution in [3.63, 3.8) is 0 Å². The number of hydrogen-bond donors (Lipinski definition) is 1. The highest BCUT2D eigenvalue weighted by atomic mass is 32.2. The lowest BCUT2D eigenvalue weighted by molar-refractivity contribution is -0.129. The molecule has 1 aliphatic heterocycles. The van der Waals surface area contributed by atoms with Crippen LogP contribution < -0.4 is 5.32 Å². The van der Waals surface area contributed by atoms with Crippen LogP contribution in [0, 0.1) is 6.92 Å². The summed E-state index contributed by atoms with van der Waals surface area (Å²) in [6.07, 6.45) is 0. The zero-order valence-corrected chi connectivity index (χ0v) is 16.0. The van der Waals surface area contributed by atoms with Gasteiger partial charge in [-0.25, -0.2) is 4.79 Å². The molecule has 2 atom stereocenters. The molecule has 0 spiro atoms. The van der Waals surface area contributed by atoms with Gasteiger partial charge >= 0.3 is 6.03 Å². The van der Waals surface area contributed by atoms with Crippen LogP contribution in [-0.2, 0) is 4.79 Å². The highest BCUT2D eigenvalue weighted by molar-refractivity contribution is 8.01. The van der Waals surface area contributed by atoms with Gasteiger partial charge in [0, 0.05) is 31.1 Å². The largest absolute Gasteiger partial charge is 0.336 e. The predicted octanol–water partition coefficient (Wildman–Crippen LogP) is 3.07. The molecule has 0 unspecified atom stereocenters. The molecule has 1 aromatic heterocycles. The summed E-state index contributed by atoms with van der Waals surface area (Å²) in [5, 5.41) is 4.97. The summed E-state index contributed by atoms with van der Waals surface area (Å²) in [4.78, 5) is 29.2. The van der Waals surface area contributed by atoms with Crippen molar-refractivity contribution in [2.24, 2.45) is 0 Å². The molecule has 1 saturated heterocycles. The van der Waals surface area contributed by atoms with Gasteiger partial charge < -0.3 is 15.1 Å². The van der Waals surface area contributed by atoms with E-state index in [0.29, 0.717) is 13.1 Å². The fraction of sp³-hybridized carbons (Fsp3) is 0.625. The second kappa shape index (κ2) is 7.57. The molecule has 7 heteroatoms. The Hall–Kier alpha value is -1.21. The fourth-order valence-corrected chi connectivity index (χ4v) is 5.01. The first-order valence-electron chi connectivity index (χ1n) is 7.82. The van der Waals surface area contributed by atoms with Crippen molar-refractivity contribution in [3.8, 4) is 0 Å². The van der Waals surface area contributed by atoms with E-state index < -0.39 is 0 Å². The summed E-state index contributed by atoms with van der Waals surface area (Å²) in [6, 6.07) is 2.10. The van der Waals surface area contributed by atoms with Crippen molar-refractivity contribution in [1.29, 1.82) is 0 Å². The van der Waals surface area contributed by atoms with Crippen molar-refractivity contribution in [2.75, 3.05) is 20.1 Å². The molecule has 0 radical (unpaired) electrons. The second-order valence-corrected chi connectivity index (χ2v) is 8.53. The van der Waals surface area contributed by atoms with E-state index in [0.717, 1.165) is 0 Å². The minimum absolute atomic E-state index is 0.0312. The molecule has 0 bridgehead atoms. The minimum Gasteiger partial charge on any atom is -0.336 e. The van der Waals surface area contributed by atoms with Crippen LogP contribution in [0.15, 0.2) is 11.4 Å². The molecule has 3 amide bonds. The van der Waals surface area contributed by atoms with Crippen LogP contribution in [0.2, 0.25) is 0 Å². The average molecular weight is 356 g/mol. The Morgan fingerprint density at radius 3 is 2.74 bits per heavy atom. The number of amides is 3. The maximum Gasteiger partial charge on any atom is 0.317 e. The number of carbonyl (C=O) groups is 2. The molecule has 1 aromatic rings. The van der Waals surface area contributed by atoms with Crippen LogP contribution in [0.5, 0.6) is 0 Å². The monoisotopic (exact) mass is 355 g/mol. The van der Waals surface area contributed by atoms with Gasteiger partial charge in [-0.15, -0.1) is 23.1 Å². The molecule has 1 N–H and O–H groups in total. The first kappa shape index (κ1) is 18.1. The van der Waals surface area contributed by atoms with Gasteiger partial charge in [0.05, 0.1) is 5.25 Å². The number of nitrogens with zero attached hydrogens (tertiary/aromatic N) is 2. The molecule has 1 fully saturated rings. The number of carbonyl (C=O) groups excluding carboxylic acids is 2. The number of aryl methyl sites for hydroxylation is 1. The van der Waals surface area contributed by atoms with Crippen LogP contribution in [0.1, 0.15) is 36.6 Å². The summed E-state index contributed by atoms with van der Waals surface area (Å²) in [7, 11) is 1.76. The Bertz CT molecular complexity index is 573. The van der Waals surface area contributed by atoms with Crippen molar-refractivity contribution >= 4 is 35.0 Å². The molecule has 0 saturated carbocycles. The number of likely N-dealkylation sites (N-methyl/N-ethyl adjacent to an activating group) is 1. The highest BCUT2D eigenvalue weighted by Gasteiger charge is 2.39. The van der Waals surface area contributed by atoms with E-state index in [1.807, 2.05) is 25.7 Å². The summed E-state index contributed by atoms with van der Waals surface area (Å²) < 4.78 is 0. The molecule has 2 rings (SSSR count). The molecule has 1 aliphatic rings. The second-order valence-electron chi connectivity index (χ2n) is 6.16. The average Bonchev–Trinajstić information content (AvgIpc) is 3.01. The molecule has 2 heterocycles. The predicted molar refractivity (Wildman–Crippen MR) is 96.9 cm³/mol. The molecular weight excluding hydrogens is 330 g/mol. The fourth-order valence-electron chi connectivity index (χ4n) is 2.46. The Kier molecular flexibility index (Phi) is 5.97. The Balaban J connectivity index is 2.03. The SMILES string of the molecule is Cc1ccsc1[C@H]1S[C@@H](C)C(=O)N1CCN(C)C(=O)NC(C)C. The van der Waals surface area contributed by atoms with Gasteiger partial charge in [0.1, 0.15) is 5.37 Å². The van der Waals surface area contributed by atoms with E-state index in [-0.39, 0.29) is 28.6 Å². The smallest absolute Gasteiger partial charge is 0.317 e.